The Bertz CT molecular complexity index is 282. The zero-order chi connectivity index (χ0) is 8.97. The number of nitrogens with one attached hydrogen (secondary N) is 2. The van der Waals surface area contributed by atoms with Crippen molar-refractivity contribution in [1.82, 2.24) is 15.5 Å². The van der Waals surface area contributed by atoms with Crippen LogP contribution in [0.2, 0.25) is 0 Å². The Morgan fingerprint density at radius 2 is 2.58 bits per heavy atom. The number of aryl methyl sites for hydroxylation is 1. The molecular formula is C9H13N3. The molecule has 12 heavy (non-hydrogen) atoms. The van der Waals surface area contributed by atoms with Gasteiger partial charge >= 0.3 is 0 Å². The summed E-state index contributed by atoms with van der Waals surface area (Å²) in [6.45, 7) is 4.64. The summed E-state index contributed by atoms with van der Waals surface area (Å²) in [6.07, 6.45) is 5.20. The van der Waals surface area contributed by atoms with E-state index >= 15 is 0 Å². The van der Waals surface area contributed by atoms with E-state index in [-0.39, 0.29) is 6.04 Å². The van der Waals surface area contributed by atoms with Crippen LogP contribution >= 0.6 is 0 Å². The Kier molecular flexibility index (Phi) is 2.89. The zero-order valence-electron chi connectivity index (χ0n) is 7.39. The van der Waals surface area contributed by atoms with E-state index in [0.29, 0.717) is 0 Å². The van der Waals surface area contributed by atoms with Crippen LogP contribution in [0.1, 0.15) is 18.3 Å². The van der Waals surface area contributed by atoms with Crippen LogP contribution < -0.4 is 5.32 Å². The van der Waals surface area contributed by atoms with Gasteiger partial charge in [0.05, 0.1) is 11.7 Å². The van der Waals surface area contributed by atoms with Gasteiger partial charge in [-0.1, -0.05) is 5.92 Å². The maximum absolute atomic E-state index is 5.20. The monoisotopic (exact) mass is 163 g/mol. The minimum Gasteiger partial charge on any atom is -0.298 e. The second kappa shape index (κ2) is 3.93. The standard InChI is InChI=1S/C9H13N3/c1-4-7(2)10-6-9-5-8(3)11-12-9/h1,5,7,10H,6H2,2-3H3,(H,11,12). The summed E-state index contributed by atoms with van der Waals surface area (Å²) in [7, 11) is 0. The first kappa shape index (κ1) is 8.82. The van der Waals surface area contributed by atoms with E-state index in [9.17, 15) is 0 Å². The van der Waals surface area contributed by atoms with Crippen LogP contribution in [0.25, 0.3) is 0 Å². The number of aromatic amines is 1. The molecule has 0 bridgehead atoms. The maximum Gasteiger partial charge on any atom is 0.0763 e. The van der Waals surface area contributed by atoms with Gasteiger partial charge in [-0.25, -0.2) is 0 Å². The molecular weight excluding hydrogens is 150 g/mol. The fraction of sp³-hybridized carbons (Fsp3) is 0.444. The summed E-state index contributed by atoms with van der Waals surface area (Å²) in [5.41, 5.74) is 2.06. The molecule has 1 aromatic rings. The van der Waals surface area contributed by atoms with Gasteiger partial charge in [0.25, 0.3) is 0 Å². The van der Waals surface area contributed by atoms with Crippen LogP contribution in [-0.2, 0) is 6.54 Å². The lowest BCUT2D eigenvalue weighted by Gasteiger charge is -2.03. The van der Waals surface area contributed by atoms with Gasteiger partial charge in [0.2, 0.25) is 0 Å². The number of nitrogens with zero attached hydrogens (tertiary/aromatic N) is 1. The minimum absolute atomic E-state index is 0.0991. The van der Waals surface area contributed by atoms with Gasteiger partial charge in [-0.2, -0.15) is 5.10 Å². The highest BCUT2D eigenvalue weighted by Gasteiger charge is 1.99. The normalized spacial score (nSPS) is 12.4. The Morgan fingerprint density at radius 1 is 1.83 bits per heavy atom. The van der Waals surface area contributed by atoms with Gasteiger partial charge in [-0.15, -0.1) is 6.42 Å². The number of hydrogen-bond acceptors (Lipinski definition) is 2. The summed E-state index contributed by atoms with van der Waals surface area (Å²) >= 11 is 0. The molecule has 0 saturated heterocycles. The second-order valence-corrected chi connectivity index (χ2v) is 2.81. The summed E-state index contributed by atoms with van der Waals surface area (Å²) in [6, 6.07) is 2.10. The van der Waals surface area contributed by atoms with Gasteiger partial charge in [0.1, 0.15) is 0 Å². The average Bonchev–Trinajstić information content (AvgIpc) is 2.47. The molecule has 64 valence electrons. The summed E-state index contributed by atoms with van der Waals surface area (Å²) < 4.78 is 0. The van der Waals surface area contributed by atoms with Crippen molar-refractivity contribution in [1.29, 1.82) is 0 Å². The Balaban J connectivity index is 2.39. The van der Waals surface area contributed by atoms with Crippen molar-refractivity contribution in [2.24, 2.45) is 0 Å². The molecule has 0 aromatic carbocycles. The van der Waals surface area contributed by atoms with Crippen LogP contribution in [0.5, 0.6) is 0 Å². The maximum atomic E-state index is 5.20. The van der Waals surface area contributed by atoms with Crippen LogP contribution in [0, 0.1) is 19.3 Å². The van der Waals surface area contributed by atoms with E-state index in [1.807, 2.05) is 19.9 Å². The first-order valence-corrected chi connectivity index (χ1v) is 3.93. The van der Waals surface area contributed by atoms with E-state index in [4.69, 9.17) is 6.42 Å². The number of H-pyrrole nitrogens is 1. The highest BCUT2D eigenvalue weighted by molar-refractivity contribution is 5.07. The molecule has 0 radical (unpaired) electrons. The molecule has 3 nitrogen and oxygen atoms in total. The highest BCUT2D eigenvalue weighted by Crippen LogP contribution is 1.96. The van der Waals surface area contributed by atoms with Gasteiger partial charge in [-0.05, 0) is 19.9 Å². The number of aromatic nitrogens is 2. The van der Waals surface area contributed by atoms with Gasteiger partial charge in [0, 0.05) is 12.2 Å². The molecule has 1 unspecified atom stereocenters. The van der Waals surface area contributed by atoms with Crippen molar-refractivity contribution in [3.8, 4) is 12.3 Å². The SMILES string of the molecule is C#CC(C)NCc1cc(C)[nH]n1. The van der Waals surface area contributed by atoms with Gasteiger partial charge in [-0.3, -0.25) is 10.4 Å². The van der Waals surface area contributed by atoms with Crippen molar-refractivity contribution in [2.45, 2.75) is 26.4 Å². The minimum atomic E-state index is 0.0991. The molecule has 0 spiro atoms. The molecule has 0 amide bonds. The fourth-order valence-corrected chi connectivity index (χ4v) is 0.882. The predicted molar refractivity (Wildman–Crippen MR) is 48.5 cm³/mol. The molecule has 2 N–H and O–H groups in total. The van der Waals surface area contributed by atoms with Crippen molar-refractivity contribution in [2.75, 3.05) is 0 Å². The summed E-state index contributed by atoms with van der Waals surface area (Å²) in [5, 5.41) is 10.1. The first-order chi connectivity index (χ1) is 5.72. The molecule has 1 rings (SSSR count). The van der Waals surface area contributed by atoms with Crippen molar-refractivity contribution in [3.05, 3.63) is 17.5 Å². The van der Waals surface area contributed by atoms with E-state index in [2.05, 4.69) is 21.4 Å². The highest BCUT2D eigenvalue weighted by atomic mass is 15.1. The number of terminal acetylenes is 1. The molecule has 0 aliphatic heterocycles. The van der Waals surface area contributed by atoms with Crippen LogP contribution in [-0.4, -0.2) is 16.2 Å². The van der Waals surface area contributed by atoms with Gasteiger partial charge < -0.3 is 0 Å². The molecule has 1 aromatic heterocycles. The third-order valence-corrected chi connectivity index (χ3v) is 1.60. The van der Waals surface area contributed by atoms with Crippen molar-refractivity contribution >= 4 is 0 Å². The molecule has 0 saturated carbocycles. The first-order valence-electron chi connectivity index (χ1n) is 3.93. The summed E-state index contributed by atoms with van der Waals surface area (Å²) in [4.78, 5) is 0. The lowest BCUT2D eigenvalue weighted by molar-refractivity contribution is 0.636. The molecule has 0 fully saturated rings. The van der Waals surface area contributed by atoms with Crippen LogP contribution in [0.4, 0.5) is 0 Å². The van der Waals surface area contributed by atoms with E-state index in [1.165, 1.54) is 0 Å². The van der Waals surface area contributed by atoms with E-state index in [1.54, 1.807) is 0 Å². The molecule has 0 aliphatic carbocycles. The topological polar surface area (TPSA) is 40.7 Å². The molecule has 1 atom stereocenters. The predicted octanol–water partition coefficient (Wildman–Crippen LogP) is 0.829. The van der Waals surface area contributed by atoms with Crippen LogP contribution in [0.15, 0.2) is 6.07 Å². The Labute approximate surface area is 72.6 Å². The second-order valence-electron chi connectivity index (χ2n) is 2.81. The average molecular weight is 163 g/mol. The quantitative estimate of drug-likeness (QED) is 0.648. The number of rotatable bonds is 3. The lowest BCUT2D eigenvalue weighted by Crippen LogP contribution is -2.23. The van der Waals surface area contributed by atoms with E-state index < -0.39 is 0 Å². The lowest BCUT2D eigenvalue weighted by atomic mass is 10.3. The Hall–Kier alpha value is -1.27. The number of hydrogen-bond donors (Lipinski definition) is 2. The third kappa shape index (κ3) is 2.40. The smallest absolute Gasteiger partial charge is 0.0763 e. The van der Waals surface area contributed by atoms with Gasteiger partial charge in [0.15, 0.2) is 0 Å². The Morgan fingerprint density at radius 3 is 3.08 bits per heavy atom. The fourth-order valence-electron chi connectivity index (χ4n) is 0.882. The van der Waals surface area contributed by atoms with Crippen molar-refractivity contribution < 1.29 is 0 Å². The molecule has 0 aliphatic rings. The molecule has 1 heterocycles. The summed E-state index contributed by atoms with van der Waals surface area (Å²) in [5.74, 6) is 2.59. The van der Waals surface area contributed by atoms with Crippen molar-refractivity contribution in [3.63, 3.8) is 0 Å². The zero-order valence-corrected chi connectivity index (χ0v) is 7.39. The largest absolute Gasteiger partial charge is 0.298 e. The van der Waals surface area contributed by atoms with E-state index in [0.717, 1.165) is 17.9 Å². The third-order valence-electron chi connectivity index (χ3n) is 1.60. The van der Waals surface area contributed by atoms with Crippen LogP contribution in [0.3, 0.4) is 0 Å². The molecule has 3 heteroatoms.